The third-order valence-corrected chi connectivity index (χ3v) is 13.4. The van der Waals surface area contributed by atoms with Gasteiger partial charge in [-0.25, -0.2) is 4.98 Å². The lowest BCUT2D eigenvalue weighted by Crippen LogP contribution is -2.00. The highest BCUT2D eigenvalue weighted by Gasteiger charge is 2.26. The molecule has 0 amide bonds. The minimum absolute atomic E-state index is 0.890. The lowest BCUT2D eigenvalue weighted by molar-refractivity contribution is 1.10. The van der Waals surface area contributed by atoms with Crippen LogP contribution in [-0.4, -0.2) is 9.55 Å². The van der Waals surface area contributed by atoms with Crippen molar-refractivity contribution in [1.82, 2.24) is 9.55 Å². The lowest BCUT2D eigenvalue weighted by Gasteiger charge is -2.20. The molecule has 2 nitrogen and oxygen atoms in total. The first-order chi connectivity index (χ1) is 32.3. The van der Waals surface area contributed by atoms with E-state index >= 15 is 0 Å². The van der Waals surface area contributed by atoms with Gasteiger partial charge >= 0.3 is 0 Å². The van der Waals surface area contributed by atoms with Crippen molar-refractivity contribution in [3.05, 3.63) is 243 Å². The highest BCUT2D eigenvalue weighted by Crippen LogP contribution is 2.50. The van der Waals surface area contributed by atoms with Crippen LogP contribution < -0.4 is 0 Å². The third-order valence-electron chi connectivity index (χ3n) is 13.4. The van der Waals surface area contributed by atoms with Gasteiger partial charge in [0.2, 0.25) is 0 Å². The van der Waals surface area contributed by atoms with Crippen LogP contribution >= 0.6 is 0 Å². The van der Waals surface area contributed by atoms with Crippen molar-refractivity contribution in [3.8, 4) is 61.6 Å². The maximum absolute atomic E-state index is 5.88. The van der Waals surface area contributed by atoms with E-state index in [1.165, 1.54) is 81.7 Å². The Morgan fingerprint density at radius 1 is 0.277 bits per heavy atom. The Labute approximate surface area is 377 Å². The molecule has 2 heteroatoms. The summed E-state index contributed by atoms with van der Waals surface area (Å²) in [6, 6.07) is 88.4. The number of aromatic nitrogens is 2. The van der Waals surface area contributed by atoms with Crippen LogP contribution in [0.4, 0.5) is 0 Å². The fraction of sp³-hybridized carbons (Fsp3) is 0. The first kappa shape index (κ1) is 37.0. The fourth-order valence-corrected chi connectivity index (χ4v) is 10.6. The van der Waals surface area contributed by atoms with E-state index in [0.29, 0.717) is 0 Å². The first-order valence-electron chi connectivity index (χ1n) is 22.4. The van der Waals surface area contributed by atoms with Crippen LogP contribution in [0, 0.1) is 0 Å². The normalized spacial score (nSPS) is 11.7. The van der Waals surface area contributed by atoms with Crippen molar-refractivity contribution in [2.24, 2.45) is 0 Å². The zero-order valence-electron chi connectivity index (χ0n) is 35.5. The van der Waals surface area contributed by atoms with Gasteiger partial charge in [-0.3, -0.25) is 4.57 Å². The van der Waals surface area contributed by atoms with Crippen LogP contribution in [0.5, 0.6) is 0 Å². The third kappa shape index (κ3) is 5.85. The van der Waals surface area contributed by atoms with Crippen molar-refractivity contribution >= 4 is 64.9 Å². The van der Waals surface area contributed by atoms with Crippen LogP contribution in [0.3, 0.4) is 0 Å². The highest BCUT2D eigenvalue weighted by atomic mass is 15.1. The molecule has 12 aromatic carbocycles. The molecular formula is C63H40N2. The predicted octanol–water partition coefficient (Wildman–Crippen LogP) is 17.1. The Morgan fingerprint density at radius 2 is 0.692 bits per heavy atom. The Morgan fingerprint density at radius 3 is 1.26 bits per heavy atom. The predicted molar refractivity (Wildman–Crippen MR) is 276 cm³/mol. The molecule has 0 fully saturated rings. The van der Waals surface area contributed by atoms with E-state index in [0.717, 1.165) is 44.8 Å². The van der Waals surface area contributed by atoms with Crippen LogP contribution in [0.15, 0.2) is 243 Å². The van der Waals surface area contributed by atoms with Gasteiger partial charge in [-0.05, 0) is 105 Å². The number of imidazole rings is 1. The summed E-state index contributed by atoms with van der Waals surface area (Å²) in [6.07, 6.45) is 0. The van der Waals surface area contributed by atoms with Gasteiger partial charge in [0.25, 0.3) is 0 Å². The number of hydrogen-bond donors (Lipinski definition) is 0. The van der Waals surface area contributed by atoms with Gasteiger partial charge in [0.05, 0.1) is 11.0 Å². The van der Waals surface area contributed by atoms with E-state index in [-0.39, 0.29) is 0 Å². The minimum atomic E-state index is 0.890. The number of fused-ring (bicyclic) bond motifs is 6. The molecule has 1 aromatic heterocycles. The molecule has 0 spiro atoms. The fourth-order valence-electron chi connectivity index (χ4n) is 10.6. The molecule has 302 valence electrons. The number of benzene rings is 12. The Bertz CT molecular complexity index is 3970. The molecule has 65 heavy (non-hydrogen) atoms. The van der Waals surface area contributed by atoms with Gasteiger partial charge in [-0.1, -0.05) is 224 Å². The summed E-state index contributed by atoms with van der Waals surface area (Å²) >= 11 is 0. The standard InChI is InChI=1S/C63H40N2/c1-4-22-43(23-5-1)57-51-32-14-15-33-52(51)58(44-24-6-2-7-25-44)62-61(57)64-63(65(62)46-28-8-3-9-29-46)45-38-39-55-56(40-45)60(50-37-19-27-42-21-11-13-31-48(42)50)54-35-17-16-34-53(54)59(55)49-36-18-26-41-20-10-12-30-47(41)49/h1-40H. The largest absolute Gasteiger partial charge is 0.292 e. The van der Waals surface area contributed by atoms with Crippen LogP contribution in [0.2, 0.25) is 0 Å². The quantitative estimate of drug-likeness (QED) is 0.153. The van der Waals surface area contributed by atoms with Gasteiger partial charge in [-0.15, -0.1) is 0 Å². The summed E-state index contributed by atoms with van der Waals surface area (Å²) in [5, 5.41) is 12.1. The molecule has 0 radical (unpaired) electrons. The van der Waals surface area contributed by atoms with E-state index in [2.05, 4.69) is 247 Å². The average Bonchev–Trinajstić information content (AvgIpc) is 3.77. The van der Waals surface area contributed by atoms with E-state index in [9.17, 15) is 0 Å². The summed E-state index contributed by atoms with van der Waals surface area (Å²) in [6.45, 7) is 0. The molecule has 13 aromatic rings. The number of hydrogen-bond acceptors (Lipinski definition) is 1. The second kappa shape index (κ2) is 15.0. The first-order valence-corrected chi connectivity index (χ1v) is 22.4. The Hall–Kier alpha value is -8.59. The smallest absolute Gasteiger partial charge is 0.145 e. The summed E-state index contributed by atoms with van der Waals surface area (Å²) in [5.41, 5.74) is 13.6. The molecule has 1 heterocycles. The molecule has 0 aliphatic carbocycles. The van der Waals surface area contributed by atoms with Gasteiger partial charge in [0.1, 0.15) is 5.82 Å². The van der Waals surface area contributed by atoms with Gasteiger partial charge in [0, 0.05) is 22.4 Å². The summed E-state index contributed by atoms with van der Waals surface area (Å²) < 4.78 is 2.42. The monoisotopic (exact) mass is 824 g/mol. The zero-order valence-corrected chi connectivity index (χ0v) is 35.5. The molecule has 0 aliphatic heterocycles. The summed E-state index contributed by atoms with van der Waals surface area (Å²) in [4.78, 5) is 5.88. The van der Waals surface area contributed by atoms with Gasteiger partial charge < -0.3 is 0 Å². The maximum atomic E-state index is 5.88. The molecule has 0 bridgehead atoms. The summed E-state index contributed by atoms with van der Waals surface area (Å²) in [5.74, 6) is 0.890. The van der Waals surface area contributed by atoms with Crippen molar-refractivity contribution in [2.45, 2.75) is 0 Å². The van der Waals surface area contributed by atoms with Crippen molar-refractivity contribution in [2.75, 3.05) is 0 Å². The van der Waals surface area contributed by atoms with E-state index < -0.39 is 0 Å². The van der Waals surface area contributed by atoms with Crippen molar-refractivity contribution in [1.29, 1.82) is 0 Å². The Balaban J connectivity index is 1.22. The molecular weight excluding hydrogens is 785 g/mol. The molecule has 0 aliphatic rings. The molecule has 0 atom stereocenters. The summed E-state index contributed by atoms with van der Waals surface area (Å²) in [7, 11) is 0. The molecule has 0 saturated heterocycles. The molecule has 0 unspecified atom stereocenters. The SMILES string of the molecule is c1ccc(-c2c3ccccc3c(-c3ccccc3)c3c2nc(-c2ccc4c(-c5cccc6ccccc56)c5ccccc5c(-c5cccc6ccccc56)c4c2)n3-c2ccccc2)cc1. The molecule has 0 N–H and O–H groups in total. The van der Waals surface area contributed by atoms with Crippen molar-refractivity contribution < 1.29 is 0 Å². The minimum Gasteiger partial charge on any atom is -0.292 e. The molecule has 13 rings (SSSR count). The zero-order chi connectivity index (χ0) is 42.8. The van der Waals surface area contributed by atoms with Gasteiger partial charge in [0.15, 0.2) is 0 Å². The van der Waals surface area contributed by atoms with E-state index in [1.807, 2.05) is 0 Å². The second-order valence-electron chi connectivity index (χ2n) is 16.9. The van der Waals surface area contributed by atoms with Crippen molar-refractivity contribution in [3.63, 3.8) is 0 Å². The van der Waals surface area contributed by atoms with Crippen LogP contribution in [0.25, 0.3) is 126 Å². The van der Waals surface area contributed by atoms with Crippen LogP contribution in [-0.2, 0) is 0 Å². The lowest BCUT2D eigenvalue weighted by atomic mass is 9.83. The number of para-hydroxylation sites is 1. The average molecular weight is 825 g/mol. The molecule has 0 saturated carbocycles. The van der Waals surface area contributed by atoms with Gasteiger partial charge in [-0.2, -0.15) is 0 Å². The number of nitrogens with zero attached hydrogens (tertiary/aromatic N) is 2. The second-order valence-corrected chi connectivity index (χ2v) is 16.9. The van der Waals surface area contributed by atoms with E-state index in [4.69, 9.17) is 4.98 Å². The number of rotatable bonds is 6. The highest BCUT2D eigenvalue weighted by molar-refractivity contribution is 6.26. The van der Waals surface area contributed by atoms with E-state index in [1.54, 1.807) is 0 Å². The van der Waals surface area contributed by atoms with Crippen LogP contribution in [0.1, 0.15) is 0 Å². The topological polar surface area (TPSA) is 17.8 Å². The maximum Gasteiger partial charge on any atom is 0.145 e. The Kier molecular flexibility index (Phi) is 8.57.